The van der Waals surface area contributed by atoms with Crippen LogP contribution in [0.25, 0.3) is 0 Å². The fourth-order valence-electron chi connectivity index (χ4n) is 3.49. The highest BCUT2D eigenvalue weighted by atomic mass is 16.5. The molecule has 2 saturated carbocycles. The predicted octanol–water partition coefficient (Wildman–Crippen LogP) is 2.02. The van der Waals surface area contributed by atoms with Gasteiger partial charge in [0.2, 0.25) is 0 Å². The largest absolute Gasteiger partial charge is 0.378 e. The quantitative estimate of drug-likeness (QED) is 0.783. The van der Waals surface area contributed by atoms with Crippen molar-refractivity contribution in [2.75, 3.05) is 26.2 Å². The summed E-state index contributed by atoms with van der Waals surface area (Å²) in [6.07, 6.45) is 8.72. The molecule has 0 aromatic heterocycles. The number of nitrogens with one attached hydrogen (secondary N) is 1. The van der Waals surface area contributed by atoms with E-state index < -0.39 is 0 Å². The minimum absolute atomic E-state index is 0.536. The minimum atomic E-state index is 0.536. The van der Waals surface area contributed by atoms with Gasteiger partial charge in [-0.25, -0.2) is 0 Å². The van der Waals surface area contributed by atoms with E-state index in [2.05, 4.69) is 17.1 Å². The number of rotatable bonds is 6. The van der Waals surface area contributed by atoms with Crippen molar-refractivity contribution >= 4 is 0 Å². The van der Waals surface area contributed by atoms with Crippen LogP contribution in [-0.4, -0.2) is 49.3 Å². The van der Waals surface area contributed by atoms with Crippen LogP contribution in [0.2, 0.25) is 0 Å². The topological polar surface area (TPSA) is 24.5 Å². The highest BCUT2D eigenvalue weighted by Crippen LogP contribution is 2.34. The highest BCUT2D eigenvalue weighted by molar-refractivity contribution is 4.93. The molecule has 18 heavy (non-hydrogen) atoms. The number of hydrogen-bond acceptors (Lipinski definition) is 3. The molecule has 3 aliphatic rings. The molecular formula is C15H28N2O. The van der Waals surface area contributed by atoms with Gasteiger partial charge >= 0.3 is 0 Å². The van der Waals surface area contributed by atoms with E-state index in [9.17, 15) is 0 Å². The van der Waals surface area contributed by atoms with Crippen LogP contribution in [0.5, 0.6) is 0 Å². The summed E-state index contributed by atoms with van der Waals surface area (Å²) in [5.74, 6) is 0.925. The van der Waals surface area contributed by atoms with E-state index in [-0.39, 0.29) is 0 Å². The molecule has 2 unspecified atom stereocenters. The first-order chi connectivity index (χ1) is 8.86. The van der Waals surface area contributed by atoms with Gasteiger partial charge in [0.25, 0.3) is 0 Å². The zero-order chi connectivity index (χ0) is 12.4. The number of likely N-dealkylation sites (tertiary alicyclic amines) is 1. The molecule has 3 heteroatoms. The van der Waals surface area contributed by atoms with Crippen LogP contribution in [0, 0.1) is 5.92 Å². The van der Waals surface area contributed by atoms with Crippen LogP contribution >= 0.6 is 0 Å². The molecule has 0 aromatic rings. The smallest absolute Gasteiger partial charge is 0.0599 e. The lowest BCUT2D eigenvalue weighted by Gasteiger charge is -2.47. The van der Waals surface area contributed by atoms with Gasteiger partial charge in [-0.05, 0) is 57.9 Å². The molecule has 2 aliphatic carbocycles. The Hall–Kier alpha value is -0.120. The number of piperidine rings is 1. The Balaban J connectivity index is 1.38. The zero-order valence-corrected chi connectivity index (χ0v) is 11.7. The van der Waals surface area contributed by atoms with Crippen LogP contribution in [0.3, 0.4) is 0 Å². The van der Waals surface area contributed by atoms with Crippen molar-refractivity contribution in [2.45, 2.75) is 63.6 Å². The second-order valence-electron chi connectivity index (χ2n) is 6.28. The van der Waals surface area contributed by atoms with Crippen LogP contribution in [0.4, 0.5) is 0 Å². The van der Waals surface area contributed by atoms with E-state index in [0.29, 0.717) is 6.10 Å². The standard InChI is InChI=1S/C15H28N2O/c1-2-18-14-7-9-17(10-8-14)15-6-3-12(15)11-16-13-4-5-13/h12-16H,2-11H2,1H3. The summed E-state index contributed by atoms with van der Waals surface area (Å²) in [5, 5.41) is 3.71. The Bertz CT molecular complexity index is 259. The molecule has 0 amide bonds. The molecule has 104 valence electrons. The first kappa shape index (κ1) is 12.9. The van der Waals surface area contributed by atoms with Gasteiger partial charge in [0.05, 0.1) is 6.10 Å². The summed E-state index contributed by atoms with van der Waals surface area (Å²) < 4.78 is 5.74. The van der Waals surface area contributed by atoms with Crippen LogP contribution < -0.4 is 5.32 Å². The summed E-state index contributed by atoms with van der Waals surface area (Å²) in [7, 11) is 0. The maximum Gasteiger partial charge on any atom is 0.0599 e. The fourth-order valence-corrected chi connectivity index (χ4v) is 3.49. The van der Waals surface area contributed by atoms with E-state index in [0.717, 1.165) is 24.6 Å². The third-order valence-corrected chi connectivity index (χ3v) is 4.97. The van der Waals surface area contributed by atoms with Crippen molar-refractivity contribution in [3.8, 4) is 0 Å². The molecule has 2 atom stereocenters. The lowest BCUT2D eigenvalue weighted by molar-refractivity contribution is -0.0223. The summed E-state index contributed by atoms with van der Waals surface area (Å²) in [6, 6.07) is 1.74. The van der Waals surface area contributed by atoms with Crippen molar-refractivity contribution < 1.29 is 4.74 Å². The average Bonchev–Trinajstić information content (AvgIpc) is 3.15. The van der Waals surface area contributed by atoms with Crippen molar-refractivity contribution in [3.63, 3.8) is 0 Å². The molecule has 1 saturated heterocycles. The van der Waals surface area contributed by atoms with Crippen molar-refractivity contribution in [2.24, 2.45) is 5.92 Å². The minimum Gasteiger partial charge on any atom is -0.378 e. The van der Waals surface area contributed by atoms with Crippen molar-refractivity contribution in [1.29, 1.82) is 0 Å². The molecule has 1 N–H and O–H groups in total. The first-order valence-electron chi connectivity index (χ1n) is 7.96. The van der Waals surface area contributed by atoms with Crippen molar-refractivity contribution in [1.82, 2.24) is 10.2 Å². The van der Waals surface area contributed by atoms with Gasteiger partial charge in [-0.3, -0.25) is 4.90 Å². The van der Waals surface area contributed by atoms with Gasteiger partial charge in [-0.1, -0.05) is 0 Å². The Morgan fingerprint density at radius 2 is 1.83 bits per heavy atom. The van der Waals surface area contributed by atoms with Crippen molar-refractivity contribution in [3.05, 3.63) is 0 Å². The second-order valence-corrected chi connectivity index (χ2v) is 6.28. The maximum absolute atomic E-state index is 5.74. The van der Waals surface area contributed by atoms with Gasteiger partial charge in [-0.15, -0.1) is 0 Å². The van der Waals surface area contributed by atoms with Crippen LogP contribution in [0.15, 0.2) is 0 Å². The normalized spacial score (nSPS) is 34.5. The molecule has 0 radical (unpaired) electrons. The Kier molecular flexibility index (Phi) is 4.22. The highest BCUT2D eigenvalue weighted by Gasteiger charge is 2.37. The third kappa shape index (κ3) is 3.06. The molecule has 3 nitrogen and oxygen atoms in total. The molecule has 1 heterocycles. The Morgan fingerprint density at radius 1 is 1.06 bits per heavy atom. The number of ether oxygens (including phenoxy) is 1. The fraction of sp³-hybridized carbons (Fsp3) is 1.00. The van der Waals surface area contributed by atoms with E-state index >= 15 is 0 Å². The van der Waals surface area contributed by atoms with Gasteiger partial charge < -0.3 is 10.1 Å². The lowest BCUT2D eigenvalue weighted by atomic mass is 9.77. The number of hydrogen-bond donors (Lipinski definition) is 1. The third-order valence-electron chi connectivity index (χ3n) is 4.97. The molecule has 1 aliphatic heterocycles. The molecule has 0 aromatic carbocycles. The summed E-state index contributed by atoms with van der Waals surface area (Å²) in [6.45, 7) is 6.77. The van der Waals surface area contributed by atoms with E-state index in [1.165, 1.54) is 58.2 Å². The van der Waals surface area contributed by atoms with Gasteiger partial charge in [0.15, 0.2) is 0 Å². The van der Waals surface area contributed by atoms with Gasteiger partial charge in [0.1, 0.15) is 0 Å². The monoisotopic (exact) mass is 252 g/mol. The second kappa shape index (κ2) is 5.89. The number of nitrogens with zero attached hydrogens (tertiary/aromatic N) is 1. The summed E-state index contributed by atoms with van der Waals surface area (Å²) in [4.78, 5) is 2.73. The first-order valence-corrected chi connectivity index (χ1v) is 7.96. The maximum atomic E-state index is 5.74. The van der Waals surface area contributed by atoms with Gasteiger partial charge in [0, 0.05) is 31.8 Å². The van der Waals surface area contributed by atoms with E-state index in [4.69, 9.17) is 4.74 Å². The SMILES string of the molecule is CCOC1CCN(C2CCC2CNC2CC2)CC1. The Morgan fingerprint density at radius 3 is 2.39 bits per heavy atom. The molecule has 3 rings (SSSR count). The van der Waals surface area contributed by atoms with E-state index in [1.807, 2.05) is 0 Å². The van der Waals surface area contributed by atoms with E-state index in [1.54, 1.807) is 0 Å². The predicted molar refractivity (Wildman–Crippen MR) is 73.8 cm³/mol. The average molecular weight is 252 g/mol. The zero-order valence-electron chi connectivity index (χ0n) is 11.7. The van der Waals surface area contributed by atoms with Gasteiger partial charge in [-0.2, -0.15) is 0 Å². The summed E-state index contributed by atoms with van der Waals surface area (Å²) >= 11 is 0. The molecule has 3 fully saturated rings. The van der Waals surface area contributed by atoms with Crippen LogP contribution in [0.1, 0.15) is 45.4 Å². The molecule has 0 bridgehead atoms. The molecular weight excluding hydrogens is 224 g/mol. The lowest BCUT2D eigenvalue weighted by Crippen LogP contribution is -2.53. The Labute approximate surface area is 111 Å². The summed E-state index contributed by atoms with van der Waals surface area (Å²) in [5.41, 5.74) is 0. The van der Waals surface area contributed by atoms with Crippen LogP contribution in [-0.2, 0) is 4.74 Å². The molecule has 0 spiro atoms.